The number of carbonyl (C=O) groups excluding carboxylic acids is 1. The summed E-state index contributed by atoms with van der Waals surface area (Å²) in [6.07, 6.45) is 3.65. The molecule has 0 saturated carbocycles. The van der Waals surface area contributed by atoms with Gasteiger partial charge in [0.15, 0.2) is 0 Å². The Balaban J connectivity index is 1.55. The number of aromatic nitrogens is 1. The predicted molar refractivity (Wildman–Crippen MR) is 112 cm³/mol. The zero-order valence-corrected chi connectivity index (χ0v) is 17.9. The van der Waals surface area contributed by atoms with Gasteiger partial charge in [-0.1, -0.05) is 23.7 Å². The fourth-order valence-corrected chi connectivity index (χ4v) is 4.49. The fourth-order valence-electron chi connectivity index (χ4n) is 3.28. The Bertz CT molecular complexity index is 923. The minimum atomic E-state index is -3.73. The number of benzene rings is 1. The van der Waals surface area contributed by atoms with Crippen LogP contribution in [0.1, 0.15) is 12.0 Å². The van der Waals surface area contributed by atoms with E-state index in [4.69, 9.17) is 11.6 Å². The number of likely N-dealkylation sites (N-methyl/N-ethyl adjacent to an activating group) is 1. The Morgan fingerprint density at radius 2 is 1.90 bits per heavy atom. The second-order valence-corrected chi connectivity index (χ2v) is 9.57. The number of amides is 1. The Kier molecular flexibility index (Phi) is 7.23. The summed E-state index contributed by atoms with van der Waals surface area (Å²) < 4.78 is 26.3. The minimum Gasteiger partial charge on any atom is -0.340 e. The average molecular weight is 437 g/mol. The van der Waals surface area contributed by atoms with E-state index in [2.05, 4.69) is 9.88 Å². The number of hydrogen-bond donors (Lipinski definition) is 0. The van der Waals surface area contributed by atoms with Gasteiger partial charge >= 0.3 is 0 Å². The number of rotatable bonds is 6. The molecule has 7 nitrogen and oxygen atoms in total. The van der Waals surface area contributed by atoms with Gasteiger partial charge in [0.1, 0.15) is 4.90 Å². The van der Waals surface area contributed by atoms with E-state index in [1.165, 1.54) is 31.1 Å². The number of halogens is 1. The van der Waals surface area contributed by atoms with E-state index in [1.54, 1.807) is 11.0 Å². The Morgan fingerprint density at radius 3 is 2.59 bits per heavy atom. The van der Waals surface area contributed by atoms with Crippen LogP contribution in [-0.4, -0.2) is 73.2 Å². The molecule has 1 aromatic carbocycles. The molecule has 1 aliphatic heterocycles. The van der Waals surface area contributed by atoms with Crippen molar-refractivity contribution in [3.8, 4) is 0 Å². The fraction of sp³-hybridized carbons (Fsp3) is 0.400. The maximum atomic E-state index is 12.7. The standard InChI is InChI=1S/C20H25ClN4O3S/c1-23(29(27,28)19-4-2-9-22-14-19)16-20(26)25-11-3-10-24(12-13-25)15-17-5-7-18(21)8-6-17/h2,4-9,14H,3,10-13,15-16H2,1H3. The third-order valence-electron chi connectivity index (χ3n) is 4.96. The molecule has 0 N–H and O–H groups in total. The quantitative estimate of drug-likeness (QED) is 0.693. The van der Waals surface area contributed by atoms with Crippen molar-refractivity contribution in [3.63, 3.8) is 0 Å². The van der Waals surface area contributed by atoms with Crippen molar-refractivity contribution in [2.45, 2.75) is 17.9 Å². The number of nitrogens with zero attached hydrogens (tertiary/aromatic N) is 4. The Labute approximate surface area is 176 Å². The van der Waals surface area contributed by atoms with Crippen LogP contribution in [0.25, 0.3) is 0 Å². The van der Waals surface area contributed by atoms with Crippen molar-refractivity contribution < 1.29 is 13.2 Å². The maximum absolute atomic E-state index is 12.7. The minimum absolute atomic E-state index is 0.0836. The lowest BCUT2D eigenvalue weighted by Gasteiger charge is -2.24. The largest absolute Gasteiger partial charge is 0.340 e. The summed E-state index contributed by atoms with van der Waals surface area (Å²) in [4.78, 5) is 20.7. The molecule has 0 bridgehead atoms. The molecule has 2 aromatic rings. The molecule has 1 aromatic heterocycles. The maximum Gasteiger partial charge on any atom is 0.244 e. The Hall–Kier alpha value is -2.00. The lowest BCUT2D eigenvalue weighted by Crippen LogP contribution is -2.42. The lowest BCUT2D eigenvalue weighted by molar-refractivity contribution is -0.131. The van der Waals surface area contributed by atoms with Gasteiger partial charge in [0.25, 0.3) is 0 Å². The zero-order chi connectivity index (χ0) is 20.9. The summed E-state index contributed by atoms with van der Waals surface area (Å²) in [6.45, 7) is 3.44. The average Bonchev–Trinajstić information content (AvgIpc) is 2.96. The highest BCUT2D eigenvalue weighted by molar-refractivity contribution is 7.89. The van der Waals surface area contributed by atoms with E-state index in [0.717, 1.165) is 30.4 Å². The molecule has 0 unspecified atom stereocenters. The van der Waals surface area contributed by atoms with Crippen LogP contribution >= 0.6 is 11.6 Å². The molecule has 9 heteroatoms. The van der Waals surface area contributed by atoms with E-state index in [0.29, 0.717) is 18.1 Å². The lowest BCUT2D eigenvalue weighted by atomic mass is 10.2. The van der Waals surface area contributed by atoms with E-state index >= 15 is 0 Å². The second-order valence-electron chi connectivity index (χ2n) is 7.09. The molecule has 0 atom stereocenters. The molecular weight excluding hydrogens is 412 g/mol. The normalized spacial score (nSPS) is 16.0. The molecule has 3 rings (SSSR count). The van der Waals surface area contributed by atoms with Gasteiger partial charge in [0.2, 0.25) is 15.9 Å². The summed E-state index contributed by atoms with van der Waals surface area (Å²) in [5.74, 6) is -0.187. The summed E-state index contributed by atoms with van der Waals surface area (Å²) in [6, 6.07) is 10.8. The topological polar surface area (TPSA) is 73.8 Å². The third kappa shape index (κ3) is 5.76. The van der Waals surface area contributed by atoms with Gasteiger partial charge in [-0.15, -0.1) is 0 Å². The second kappa shape index (κ2) is 9.67. The van der Waals surface area contributed by atoms with Crippen molar-refractivity contribution in [2.75, 3.05) is 39.8 Å². The molecule has 0 spiro atoms. The summed E-state index contributed by atoms with van der Waals surface area (Å²) in [5, 5.41) is 0.715. The van der Waals surface area contributed by atoms with Gasteiger partial charge in [-0.05, 0) is 36.2 Å². The van der Waals surface area contributed by atoms with Crippen LogP contribution < -0.4 is 0 Å². The Morgan fingerprint density at radius 1 is 1.14 bits per heavy atom. The van der Waals surface area contributed by atoms with Crippen LogP contribution in [-0.2, 0) is 21.4 Å². The molecule has 1 fully saturated rings. The van der Waals surface area contributed by atoms with Crippen molar-refractivity contribution in [1.82, 2.24) is 19.1 Å². The molecule has 1 aliphatic rings. The zero-order valence-electron chi connectivity index (χ0n) is 16.4. The van der Waals surface area contributed by atoms with Gasteiger partial charge in [0, 0.05) is 57.2 Å². The van der Waals surface area contributed by atoms with Crippen LogP contribution in [0.4, 0.5) is 0 Å². The van der Waals surface area contributed by atoms with E-state index in [1.807, 2.05) is 24.3 Å². The van der Waals surface area contributed by atoms with Crippen molar-refractivity contribution in [1.29, 1.82) is 0 Å². The molecule has 0 radical (unpaired) electrons. The van der Waals surface area contributed by atoms with E-state index in [9.17, 15) is 13.2 Å². The van der Waals surface area contributed by atoms with Gasteiger partial charge in [-0.2, -0.15) is 4.31 Å². The molecule has 29 heavy (non-hydrogen) atoms. The molecule has 156 valence electrons. The van der Waals surface area contributed by atoms with Crippen molar-refractivity contribution >= 4 is 27.5 Å². The van der Waals surface area contributed by atoms with Crippen LogP contribution in [0, 0.1) is 0 Å². The summed E-state index contributed by atoms with van der Waals surface area (Å²) >= 11 is 5.94. The predicted octanol–water partition coefficient (Wildman–Crippen LogP) is 2.09. The summed E-state index contributed by atoms with van der Waals surface area (Å²) in [7, 11) is -2.31. The van der Waals surface area contributed by atoms with Crippen molar-refractivity contribution in [3.05, 3.63) is 59.4 Å². The first-order valence-electron chi connectivity index (χ1n) is 9.47. The number of carbonyl (C=O) groups is 1. The van der Waals surface area contributed by atoms with Crippen LogP contribution in [0.15, 0.2) is 53.7 Å². The highest BCUT2D eigenvalue weighted by Gasteiger charge is 2.26. The van der Waals surface area contributed by atoms with Gasteiger partial charge in [-0.3, -0.25) is 14.7 Å². The van der Waals surface area contributed by atoms with Crippen molar-refractivity contribution in [2.24, 2.45) is 0 Å². The van der Waals surface area contributed by atoms with Crippen LogP contribution in [0.2, 0.25) is 5.02 Å². The van der Waals surface area contributed by atoms with E-state index < -0.39 is 10.0 Å². The number of sulfonamides is 1. The molecule has 0 aliphatic carbocycles. The number of hydrogen-bond acceptors (Lipinski definition) is 5. The van der Waals surface area contributed by atoms with Crippen LogP contribution in [0.5, 0.6) is 0 Å². The van der Waals surface area contributed by atoms with Gasteiger partial charge in [-0.25, -0.2) is 8.42 Å². The molecule has 2 heterocycles. The third-order valence-corrected chi connectivity index (χ3v) is 7.00. The molecule has 1 saturated heterocycles. The van der Waals surface area contributed by atoms with Gasteiger partial charge < -0.3 is 4.90 Å². The van der Waals surface area contributed by atoms with Gasteiger partial charge in [0.05, 0.1) is 6.54 Å². The highest BCUT2D eigenvalue weighted by atomic mass is 35.5. The SMILES string of the molecule is CN(CC(=O)N1CCCN(Cc2ccc(Cl)cc2)CC1)S(=O)(=O)c1cccnc1. The van der Waals surface area contributed by atoms with Crippen LogP contribution in [0.3, 0.4) is 0 Å². The van der Waals surface area contributed by atoms with E-state index in [-0.39, 0.29) is 17.3 Å². The first kappa shape index (κ1) is 21.7. The summed E-state index contributed by atoms with van der Waals surface area (Å²) in [5.41, 5.74) is 1.18. The number of pyridine rings is 1. The molecular formula is C20H25ClN4O3S. The monoisotopic (exact) mass is 436 g/mol. The first-order chi connectivity index (χ1) is 13.9. The first-order valence-corrected chi connectivity index (χ1v) is 11.3. The molecule has 1 amide bonds. The smallest absolute Gasteiger partial charge is 0.244 e. The highest BCUT2D eigenvalue weighted by Crippen LogP contribution is 2.15.